The first-order valence-electron chi connectivity index (χ1n) is 6.34. The third-order valence-electron chi connectivity index (χ3n) is 2.98. The molecular weight excluding hydrogens is 379 g/mol. The smallest absolute Gasteiger partial charge is 0.185 e. The maximum atomic E-state index is 12.1. The SMILES string of the molecule is COc1ccc(OC)c(C=CC(=O)c2ccc(I)cc2)c1. The molecule has 108 valence electrons. The van der Waals surface area contributed by atoms with Gasteiger partial charge in [-0.15, -0.1) is 0 Å². The van der Waals surface area contributed by atoms with Crippen molar-refractivity contribution in [2.45, 2.75) is 0 Å². The van der Waals surface area contributed by atoms with E-state index in [0.717, 1.165) is 14.9 Å². The molecule has 0 aromatic heterocycles. The van der Waals surface area contributed by atoms with Gasteiger partial charge in [-0.25, -0.2) is 0 Å². The number of halogens is 1. The number of hydrogen-bond donors (Lipinski definition) is 0. The number of methoxy groups -OCH3 is 2. The van der Waals surface area contributed by atoms with Gasteiger partial charge in [0.05, 0.1) is 14.2 Å². The van der Waals surface area contributed by atoms with E-state index >= 15 is 0 Å². The topological polar surface area (TPSA) is 35.5 Å². The van der Waals surface area contributed by atoms with Crippen molar-refractivity contribution in [1.82, 2.24) is 0 Å². The Balaban J connectivity index is 2.24. The van der Waals surface area contributed by atoms with Crippen molar-refractivity contribution in [2.75, 3.05) is 14.2 Å². The van der Waals surface area contributed by atoms with Gasteiger partial charge in [-0.2, -0.15) is 0 Å². The molecule has 0 saturated heterocycles. The van der Waals surface area contributed by atoms with E-state index in [1.165, 1.54) is 0 Å². The van der Waals surface area contributed by atoms with Crippen molar-refractivity contribution in [2.24, 2.45) is 0 Å². The van der Waals surface area contributed by atoms with Crippen LogP contribution in [0.2, 0.25) is 0 Å². The van der Waals surface area contributed by atoms with Crippen LogP contribution in [0.15, 0.2) is 48.5 Å². The fraction of sp³-hybridized carbons (Fsp3) is 0.118. The summed E-state index contributed by atoms with van der Waals surface area (Å²) in [7, 11) is 3.20. The molecule has 0 radical (unpaired) electrons. The molecule has 2 aromatic rings. The number of carbonyl (C=O) groups excluding carboxylic acids is 1. The van der Waals surface area contributed by atoms with Gasteiger partial charge in [0.15, 0.2) is 5.78 Å². The second kappa shape index (κ2) is 7.26. The second-order valence-corrected chi connectivity index (χ2v) is 5.56. The molecule has 2 aromatic carbocycles. The molecule has 21 heavy (non-hydrogen) atoms. The molecule has 4 heteroatoms. The van der Waals surface area contributed by atoms with Gasteiger partial charge < -0.3 is 9.47 Å². The van der Waals surface area contributed by atoms with E-state index in [1.807, 2.05) is 42.5 Å². The zero-order valence-corrected chi connectivity index (χ0v) is 14.0. The summed E-state index contributed by atoms with van der Waals surface area (Å²) in [4.78, 5) is 12.1. The Kier molecular flexibility index (Phi) is 5.38. The first-order chi connectivity index (χ1) is 10.1. The minimum absolute atomic E-state index is 0.0451. The lowest BCUT2D eigenvalue weighted by Gasteiger charge is -2.07. The molecule has 0 saturated carbocycles. The van der Waals surface area contributed by atoms with Crippen LogP contribution in [0.1, 0.15) is 15.9 Å². The van der Waals surface area contributed by atoms with Gasteiger partial charge in [0.2, 0.25) is 0 Å². The van der Waals surface area contributed by atoms with Crippen molar-refractivity contribution in [1.29, 1.82) is 0 Å². The van der Waals surface area contributed by atoms with E-state index in [9.17, 15) is 4.79 Å². The number of ketones is 1. The molecule has 0 atom stereocenters. The van der Waals surface area contributed by atoms with Crippen LogP contribution in [-0.4, -0.2) is 20.0 Å². The monoisotopic (exact) mass is 394 g/mol. The number of rotatable bonds is 5. The lowest BCUT2D eigenvalue weighted by molar-refractivity contribution is 0.104. The van der Waals surface area contributed by atoms with Gasteiger partial charge in [0.1, 0.15) is 11.5 Å². The largest absolute Gasteiger partial charge is 0.497 e. The Morgan fingerprint density at radius 1 is 1.05 bits per heavy atom. The summed E-state index contributed by atoms with van der Waals surface area (Å²) >= 11 is 2.21. The molecule has 0 aliphatic rings. The first-order valence-corrected chi connectivity index (χ1v) is 7.42. The van der Waals surface area contributed by atoms with Crippen LogP contribution in [0, 0.1) is 3.57 Å². The van der Waals surface area contributed by atoms with Gasteiger partial charge in [0.25, 0.3) is 0 Å². The highest BCUT2D eigenvalue weighted by atomic mass is 127. The fourth-order valence-corrected chi connectivity index (χ4v) is 2.21. The summed E-state index contributed by atoms with van der Waals surface area (Å²) in [5.41, 5.74) is 1.46. The average Bonchev–Trinajstić information content (AvgIpc) is 2.52. The minimum atomic E-state index is -0.0451. The molecule has 3 nitrogen and oxygen atoms in total. The molecule has 0 bridgehead atoms. The van der Waals surface area contributed by atoms with Gasteiger partial charge in [-0.1, -0.05) is 12.1 Å². The first kappa shape index (κ1) is 15.6. The van der Waals surface area contributed by atoms with E-state index in [-0.39, 0.29) is 5.78 Å². The van der Waals surface area contributed by atoms with Crippen LogP contribution in [0.4, 0.5) is 0 Å². The van der Waals surface area contributed by atoms with Crippen LogP contribution < -0.4 is 9.47 Å². The number of allylic oxidation sites excluding steroid dienone is 1. The molecule has 0 N–H and O–H groups in total. The molecule has 0 aliphatic heterocycles. The maximum Gasteiger partial charge on any atom is 0.185 e. The Bertz CT molecular complexity index is 660. The molecular formula is C17H15IO3. The zero-order chi connectivity index (χ0) is 15.2. The molecule has 0 unspecified atom stereocenters. The van der Waals surface area contributed by atoms with E-state index in [4.69, 9.17) is 9.47 Å². The number of hydrogen-bond acceptors (Lipinski definition) is 3. The fourth-order valence-electron chi connectivity index (χ4n) is 1.85. The summed E-state index contributed by atoms with van der Waals surface area (Å²) in [6.07, 6.45) is 3.28. The van der Waals surface area contributed by atoms with Crippen molar-refractivity contribution < 1.29 is 14.3 Å². The van der Waals surface area contributed by atoms with Crippen LogP contribution in [0.3, 0.4) is 0 Å². The molecule has 0 fully saturated rings. The van der Waals surface area contributed by atoms with Gasteiger partial charge >= 0.3 is 0 Å². The summed E-state index contributed by atoms with van der Waals surface area (Å²) in [5, 5.41) is 0. The molecule has 0 spiro atoms. The average molecular weight is 394 g/mol. The van der Waals surface area contributed by atoms with Crippen LogP contribution in [-0.2, 0) is 0 Å². The standard InChI is InChI=1S/C17H15IO3/c1-20-15-8-10-17(21-2)13(11-15)5-9-16(19)12-3-6-14(18)7-4-12/h3-11H,1-2H3. The van der Waals surface area contributed by atoms with E-state index < -0.39 is 0 Å². The van der Waals surface area contributed by atoms with E-state index in [0.29, 0.717) is 11.3 Å². The quantitative estimate of drug-likeness (QED) is 0.433. The Morgan fingerprint density at radius 2 is 1.76 bits per heavy atom. The highest BCUT2D eigenvalue weighted by Gasteiger charge is 2.04. The highest BCUT2D eigenvalue weighted by Crippen LogP contribution is 2.25. The Labute approximate surface area is 137 Å². The van der Waals surface area contributed by atoms with E-state index in [1.54, 1.807) is 26.4 Å². The molecule has 2 rings (SSSR count). The predicted octanol–water partition coefficient (Wildman–Crippen LogP) is 4.20. The molecule has 0 amide bonds. The van der Waals surface area contributed by atoms with E-state index in [2.05, 4.69) is 22.6 Å². The van der Waals surface area contributed by atoms with Crippen molar-refractivity contribution >= 4 is 34.5 Å². The number of benzene rings is 2. The summed E-state index contributed by atoms with van der Waals surface area (Å²) in [5.74, 6) is 1.37. The number of ether oxygens (including phenoxy) is 2. The summed E-state index contributed by atoms with van der Waals surface area (Å²) in [6.45, 7) is 0. The van der Waals surface area contributed by atoms with Crippen molar-refractivity contribution in [3.05, 3.63) is 63.2 Å². The third kappa shape index (κ3) is 4.07. The van der Waals surface area contributed by atoms with Gasteiger partial charge in [-0.3, -0.25) is 4.79 Å². The highest BCUT2D eigenvalue weighted by molar-refractivity contribution is 14.1. The van der Waals surface area contributed by atoms with Crippen LogP contribution >= 0.6 is 22.6 Å². The summed E-state index contributed by atoms with van der Waals surface area (Å²) in [6, 6.07) is 12.9. The summed E-state index contributed by atoms with van der Waals surface area (Å²) < 4.78 is 11.6. The third-order valence-corrected chi connectivity index (χ3v) is 3.70. The normalized spacial score (nSPS) is 10.6. The second-order valence-electron chi connectivity index (χ2n) is 4.31. The van der Waals surface area contributed by atoms with Crippen molar-refractivity contribution in [3.63, 3.8) is 0 Å². The lowest BCUT2D eigenvalue weighted by atomic mass is 10.1. The Hall–Kier alpha value is -1.82. The lowest BCUT2D eigenvalue weighted by Crippen LogP contribution is -1.94. The molecule has 0 heterocycles. The van der Waals surface area contributed by atoms with Crippen molar-refractivity contribution in [3.8, 4) is 11.5 Å². The van der Waals surface area contributed by atoms with Gasteiger partial charge in [0, 0.05) is 14.7 Å². The van der Waals surface area contributed by atoms with Crippen LogP contribution in [0.25, 0.3) is 6.08 Å². The number of carbonyl (C=O) groups is 1. The van der Waals surface area contributed by atoms with Crippen LogP contribution in [0.5, 0.6) is 11.5 Å². The maximum absolute atomic E-state index is 12.1. The molecule has 0 aliphatic carbocycles. The zero-order valence-electron chi connectivity index (χ0n) is 11.8. The Morgan fingerprint density at radius 3 is 2.38 bits per heavy atom. The van der Waals surface area contributed by atoms with Gasteiger partial charge in [-0.05, 0) is 65.1 Å². The minimum Gasteiger partial charge on any atom is -0.497 e. The predicted molar refractivity (Wildman–Crippen MR) is 92.1 cm³/mol.